The minimum Gasteiger partial charge on any atom is -0.438 e. The molecule has 3 heterocycles. The molecule has 0 fully saturated rings. The van der Waals surface area contributed by atoms with Crippen molar-refractivity contribution >= 4 is 16.8 Å². The number of hydrogen-bond donors (Lipinski definition) is 4. The first-order valence-electron chi connectivity index (χ1n) is 12.9. The van der Waals surface area contributed by atoms with E-state index in [1.807, 2.05) is 32.9 Å². The molecule has 9 heteroatoms. The second-order valence-corrected chi connectivity index (χ2v) is 11.0. The summed E-state index contributed by atoms with van der Waals surface area (Å²) < 4.78 is 7.86. The van der Waals surface area contributed by atoms with Gasteiger partial charge in [-0.15, -0.1) is 0 Å². The first kappa shape index (κ1) is 28.1. The van der Waals surface area contributed by atoms with Gasteiger partial charge in [-0.25, -0.2) is 4.98 Å². The van der Waals surface area contributed by atoms with E-state index in [4.69, 9.17) is 4.74 Å². The summed E-state index contributed by atoms with van der Waals surface area (Å²) in [5.41, 5.74) is 2.15. The van der Waals surface area contributed by atoms with Crippen LogP contribution in [0.2, 0.25) is 0 Å². The molecular weight excluding hydrogens is 496 g/mol. The smallest absolute Gasteiger partial charge is 0.274 e. The minimum absolute atomic E-state index is 0.263. The normalized spacial score (nSPS) is 12.2. The van der Waals surface area contributed by atoms with Crippen LogP contribution in [0.1, 0.15) is 67.4 Å². The Morgan fingerprint density at radius 1 is 1.03 bits per heavy atom. The number of carbonyl (C=O) groups excluding carboxylic acids is 1. The molecule has 0 spiro atoms. The van der Waals surface area contributed by atoms with Gasteiger partial charge in [0.25, 0.3) is 11.5 Å². The lowest BCUT2D eigenvalue weighted by molar-refractivity contribution is 0.0778. The van der Waals surface area contributed by atoms with Crippen LogP contribution in [0.25, 0.3) is 22.0 Å². The lowest BCUT2D eigenvalue weighted by Gasteiger charge is -2.23. The van der Waals surface area contributed by atoms with E-state index >= 15 is 0 Å². The van der Waals surface area contributed by atoms with Gasteiger partial charge in [-0.2, -0.15) is 0 Å². The summed E-state index contributed by atoms with van der Waals surface area (Å²) >= 11 is 0. The summed E-state index contributed by atoms with van der Waals surface area (Å²) in [5.74, 6) is 0.538. The third kappa shape index (κ3) is 5.46. The van der Waals surface area contributed by atoms with Crippen molar-refractivity contribution in [3.63, 3.8) is 0 Å². The van der Waals surface area contributed by atoms with Gasteiger partial charge < -0.3 is 29.8 Å². The highest BCUT2D eigenvalue weighted by molar-refractivity contribution is 6.03. The van der Waals surface area contributed by atoms with Crippen molar-refractivity contribution in [2.75, 3.05) is 6.54 Å². The van der Waals surface area contributed by atoms with E-state index in [0.717, 1.165) is 16.7 Å². The number of aromatic amines is 1. The van der Waals surface area contributed by atoms with Gasteiger partial charge in [-0.3, -0.25) is 9.59 Å². The van der Waals surface area contributed by atoms with Crippen molar-refractivity contribution in [3.05, 3.63) is 75.0 Å². The van der Waals surface area contributed by atoms with Crippen LogP contribution in [0.15, 0.2) is 41.5 Å². The molecule has 206 valence electrons. The Morgan fingerprint density at radius 3 is 2.21 bits per heavy atom. The van der Waals surface area contributed by atoms with Crippen LogP contribution in [0.5, 0.6) is 11.6 Å². The SMILES string of the molecule is CCNC(=O)c1cc2c(-c3cc(C(C)(C)O)cnc3Oc3c(C)cc(C(C)(C)O)cc3C)cn(C)c(=O)c2[nH]1. The lowest BCUT2D eigenvalue weighted by atomic mass is 9.94. The summed E-state index contributed by atoms with van der Waals surface area (Å²) in [6, 6.07) is 7.19. The van der Waals surface area contributed by atoms with Gasteiger partial charge in [-0.05, 0) is 89.4 Å². The maximum absolute atomic E-state index is 13.0. The Kier molecular flexibility index (Phi) is 7.18. The molecule has 39 heavy (non-hydrogen) atoms. The number of nitrogens with one attached hydrogen (secondary N) is 2. The quantitative estimate of drug-likeness (QED) is 0.277. The van der Waals surface area contributed by atoms with Crippen molar-refractivity contribution in [2.45, 2.75) is 59.7 Å². The number of hydrogen-bond acceptors (Lipinski definition) is 6. The average molecular weight is 533 g/mol. The van der Waals surface area contributed by atoms with Crippen LogP contribution in [0.3, 0.4) is 0 Å². The van der Waals surface area contributed by atoms with Crippen LogP contribution in [0.4, 0.5) is 0 Å². The third-order valence-corrected chi connectivity index (χ3v) is 6.76. The predicted octanol–water partition coefficient (Wildman–Crippen LogP) is 4.54. The summed E-state index contributed by atoms with van der Waals surface area (Å²) in [7, 11) is 1.63. The standard InChI is InChI=1S/C30H36N4O5/c1-9-31-26(35)23-13-20-22(15-34(8)28(36)24(20)33-23)21-12-19(30(6,7)38)14-32-27(21)39-25-16(2)10-18(11-17(25)3)29(4,5)37/h10-15,33,37-38H,9H2,1-8H3,(H,31,35). The van der Waals surface area contributed by atoms with Gasteiger partial charge >= 0.3 is 0 Å². The second-order valence-electron chi connectivity index (χ2n) is 11.0. The molecule has 0 aliphatic carbocycles. The highest BCUT2D eigenvalue weighted by atomic mass is 16.5. The molecule has 3 aromatic heterocycles. The summed E-state index contributed by atoms with van der Waals surface area (Å²) in [5, 5.41) is 24.6. The number of nitrogens with zero attached hydrogens (tertiary/aromatic N) is 2. The molecule has 4 N–H and O–H groups in total. The minimum atomic E-state index is -1.19. The van der Waals surface area contributed by atoms with Crippen LogP contribution < -0.4 is 15.6 Å². The summed E-state index contributed by atoms with van der Waals surface area (Å²) in [6.07, 6.45) is 3.24. The zero-order valence-electron chi connectivity index (χ0n) is 23.7. The molecule has 4 aromatic rings. The molecule has 4 rings (SSSR count). The van der Waals surface area contributed by atoms with Gasteiger partial charge in [0.2, 0.25) is 5.88 Å². The molecule has 1 amide bonds. The highest BCUT2D eigenvalue weighted by Crippen LogP contribution is 2.40. The van der Waals surface area contributed by atoms with E-state index in [-0.39, 0.29) is 28.6 Å². The van der Waals surface area contributed by atoms with Crippen molar-refractivity contribution in [2.24, 2.45) is 7.05 Å². The number of aromatic nitrogens is 3. The van der Waals surface area contributed by atoms with Gasteiger partial charge in [0.05, 0.1) is 11.2 Å². The van der Waals surface area contributed by atoms with E-state index < -0.39 is 11.2 Å². The fourth-order valence-electron chi connectivity index (χ4n) is 4.55. The third-order valence-electron chi connectivity index (χ3n) is 6.76. The number of pyridine rings is 2. The summed E-state index contributed by atoms with van der Waals surface area (Å²) in [6.45, 7) is 12.9. The molecule has 9 nitrogen and oxygen atoms in total. The van der Waals surface area contributed by atoms with Crippen LogP contribution in [0, 0.1) is 13.8 Å². The van der Waals surface area contributed by atoms with Gasteiger partial charge in [0, 0.05) is 48.1 Å². The monoisotopic (exact) mass is 532 g/mol. The molecular formula is C30H36N4O5. The molecule has 0 saturated heterocycles. The number of ether oxygens (including phenoxy) is 1. The molecule has 0 aliphatic heterocycles. The van der Waals surface area contributed by atoms with Gasteiger partial charge in [0.1, 0.15) is 17.0 Å². The topological polar surface area (TPSA) is 129 Å². The van der Waals surface area contributed by atoms with Crippen molar-refractivity contribution in [1.29, 1.82) is 0 Å². The Morgan fingerprint density at radius 2 is 1.64 bits per heavy atom. The number of carbonyl (C=O) groups is 1. The molecule has 1 aromatic carbocycles. The fourth-order valence-corrected chi connectivity index (χ4v) is 4.55. The van der Waals surface area contributed by atoms with Gasteiger partial charge in [-0.1, -0.05) is 0 Å². The van der Waals surface area contributed by atoms with E-state index in [9.17, 15) is 19.8 Å². The average Bonchev–Trinajstić information content (AvgIpc) is 3.29. The van der Waals surface area contributed by atoms with E-state index in [2.05, 4.69) is 15.3 Å². The van der Waals surface area contributed by atoms with E-state index in [1.165, 1.54) is 4.57 Å². The molecule has 0 radical (unpaired) electrons. The predicted molar refractivity (Wildman–Crippen MR) is 151 cm³/mol. The molecule has 0 aliphatic rings. The number of H-pyrrole nitrogens is 1. The Bertz CT molecular complexity index is 1610. The lowest BCUT2D eigenvalue weighted by Crippen LogP contribution is -2.23. The number of fused-ring (bicyclic) bond motifs is 1. The molecule has 0 saturated carbocycles. The zero-order chi connectivity index (χ0) is 28.9. The molecule has 0 unspecified atom stereocenters. The number of amides is 1. The van der Waals surface area contributed by atoms with Crippen LogP contribution in [-0.2, 0) is 18.2 Å². The van der Waals surface area contributed by atoms with Crippen molar-refractivity contribution in [1.82, 2.24) is 19.9 Å². The Hall–Kier alpha value is -3.95. The Balaban J connectivity index is 1.97. The van der Waals surface area contributed by atoms with Crippen molar-refractivity contribution in [3.8, 4) is 22.8 Å². The summed E-state index contributed by atoms with van der Waals surface area (Å²) in [4.78, 5) is 33.2. The van der Waals surface area contributed by atoms with Crippen LogP contribution in [-0.4, -0.2) is 37.2 Å². The van der Waals surface area contributed by atoms with Crippen molar-refractivity contribution < 1.29 is 19.7 Å². The number of aliphatic hydroxyl groups is 2. The first-order valence-corrected chi connectivity index (χ1v) is 12.9. The second kappa shape index (κ2) is 9.98. The van der Waals surface area contributed by atoms with E-state index in [0.29, 0.717) is 34.4 Å². The Labute approximate surface area is 227 Å². The van der Waals surface area contributed by atoms with Crippen LogP contribution >= 0.6 is 0 Å². The number of aryl methyl sites for hydroxylation is 3. The molecule has 0 atom stereocenters. The maximum atomic E-state index is 13.0. The van der Waals surface area contributed by atoms with E-state index in [1.54, 1.807) is 59.3 Å². The number of benzene rings is 1. The maximum Gasteiger partial charge on any atom is 0.274 e. The highest BCUT2D eigenvalue weighted by Gasteiger charge is 2.25. The molecule has 0 bridgehead atoms. The number of rotatable bonds is 7. The zero-order valence-corrected chi connectivity index (χ0v) is 23.7. The van der Waals surface area contributed by atoms with Gasteiger partial charge in [0.15, 0.2) is 0 Å². The largest absolute Gasteiger partial charge is 0.438 e. The fraction of sp³-hybridized carbons (Fsp3) is 0.367. The first-order chi connectivity index (χ1) is 18.1.